The highest BCUT2D eigenvalue weighted by atomic mass is 32.2. The summed E-state index contributed by atoms with van der Waals surface area (Å²) in [6.07, 6.45) is -4.29. The average Bonchev–Trinajstić information content (AvgIpc) is 2.67. The zero-order valence-corrected chi connectivity index (χ0v) is 11.8. The summed E-state index contributed by atoms with van der Waals surface area (Å²) >= 11 is 0. The predicted octanol–water partition coefficient (Wildman–Crippen LogP) is 1.58. The van der Waals surface area contributed by atoms with Gasteiger partial charge in [0.05, 0.1) is 38.0 Å². The number of hydrogen-bond donors (Lipinski definition) is 1. The van der Waals surface area contributed by atoms with Crippen LogP contribution in [-0.2, 0) is 26.8 Å². The van der Waals surface area contributed by atoms with E-state index in [1.165, 1.54) is 0 Å². The number of halogens is 3. The summed E-state index contributed by atoms with van der Waals surface area (Å²) < 4.78 is 72.3. The molecule has 2 atom stereocenters. The van der Waals surface area contributed by atoms with Gasteiger partial charge in [0.1, 0.15) is 0 Å². The highest BCUT2D eigenvalue weighted by Crippen LogP contribution is 2.33. The van der Waals surface area contributed by atoms with Gasteiger partial charge in [-0.05, 0) is 24.6 Å². The van der Waals surface area contributed by atoms with Gasteiger partial charge in [0.15, 0.2) is 9.84 Å². The first-order valence-electron chi connectivity index (χ1n) is 5.68. The largest absolute Gasteiger partial charge is 0.416 e. The Morgan fingerprint density at radius 3 is 2.40 bits per heavy atom. The summed E-state index contributed by atoms with van der Waals surface area (Å²) in [6.45, 7) is 0. The molecule has 1 aliphatic rings. The SMILES string of the molecule is Nc1cc(C(F)(F)F)ccc1S(=O)C1CCS(=O)(=O)C1. The minimum atomic E-state index is -4.52. The Bertz CT molecular complexity index is 655. The molecular formula is C11H12F3NO3S2. The molecule has 0 aromatic heterocycles. The first-order chi connectivity index (χ1) is 9.10. The monoisotopic (exact) mass is 327 g/mol. The third-order valence-electron chi connectivity index (χ3n) is 3.05. The lowest BCUT2D eigenvalue weighted by Gasteiger charge is -2.13. The number of alkyl halides is 3. The van der Waals surface area contributed by atoms with E-state index in [9.17, 15) is 25.8 Å². The maximum atomic E-state index is 12.5. The van der Waals surface area contributed by atoms with Crippen LogP contribution in [-0.4, -0.2) is 29.4 Å². The van der Waals surface area contributed by atoms with Crippen LogP contribution in [0.15, 0.2) is 23.1 Å². The normalized spacial score (nSPS) is 23.6. The van der Waals surface area contributed by atoms with Crippen molar-refractivity contribution in [3.63, 3.8) is 0 Å². The van der Waals surface area contributed by atoms with Gasteiger partial charge >= 0.3 is 6.18 Å². The lowest BCUT2D eigenvalue weighted by molar-refractivity contribution is -0.137. The van der Waals surface area contributed by atoms with Crippen molar-refractivity contribution < 1.29 is 25.8 Å². The van der Waals surface area contributed by atoms with Crippen molar-refractivity contribution in [2.45, 2.75) is 22.7 Å². The average molecular weight is 327 g/mol. The second-order valence-corrected chi connectivity index (χ2v) is 8.50. The summed E-state index contributed by atoms with van der Waals surface area (Å²) in [7, 11) is -4.93. The highest BCUT2D eigenvalue weighted by molar-refractivity contribution is 7.94. The van der Waals surface area contributed by atoms with Crippen molar-refractivity contribution in [1.82, 2.24) is 0 Å². The summed E-state index contributed by atoms with van der Waals surface area (Å²) in [5, 5.41) is -0.612. The molecule has 1 aromatic carbocycles. The number of nitrogen functional groups attached to an aromatic ring is 1. The molecule has 2 rings (SSSR count). The molecule has 0 radical (unpaired) electrons. The van der Waals surface area contributed by atoms with E-state index >= 15 is 0 Å². The van der Waals surface area contributed by atoms with E-state index in [0.717, 1.165) is 18.2 Å². The number of nitrogens with two attached hydrogens (primary N) is 1. The Balaban J connectivity index is 2.28. The molecule has 112 valence electrons. The van der Waals surface area contributed by atoms with E-state index in [1.807, 2.05) is 0 Å². The third-order valence-corrected chi connectivity index (χ3v) is 6.84. The molecule has 4 nitrogen and oxygen atoms in total. The summed E-state index contributed by atoms with van der Waals surface area (Å²) in [5.74, 6) is -0.274. The maximum Gasteiger partial charge on any atom is 0.416 e. The molecule has 1 fully saturated rings. The van der Waals surface area contributed by atoms with Crippen LogP contribution in [0.25, 0.3) is 0 Å². The van der Waals surface area contributed by atoms with Gasteiger partial charge in [-0.15, -0.1) is 0 Å². The number of benzene rings is 1. The molecule has 1 aliphatic heterocycles. The Hall–Kier alpha value is -1.09. The Morgan fingerprint density at radius 1 is 1.30 bits per heavy atom. The number of sulfone groups is 1. The van der Waals surface area contributed by atoms with E-state index < -0.39 is 37.6 Å². The minimum Gasteiger partial charge on any atom is -0.398 e. The molecule has 0 saturated carbocycles. The highest BCUT2D eigenvalue weighted by Gasteiger charge is 2.35. The summed E-state index contributed by atoms with van der Waals surface area (Å²) in [5.41, 5.74) is 4.36. The third kappa shape index (κ3) is 3.14. The van der Waals surface area contributed by atoms with Gasteiger partial charge in [-0.2, -0.15) is 13.2 Å². The zero-order chi connectivity index (χ0) is 15.1. The van der Waals surface area contributed by atoms with E-state index in [4.69, 9.17) is 5.73 Å². The standard InChI is InChI=1S/C11H12F3NO3S2/c12-11(13,14)7-1-2-10(9(15)5-7)19(16)8-3-4-20(17,18)6-8/h1-2,5,8H,3-4,6,15H2. The Kier molecular flexibility index (Phi) is 3.85. The molecule has 9 heteroatoms. The Morgan fingerprint density at radius 2 is 1.95 bits per heavy atom. The van der Waals surface area contributed by atoms with Crippen LogP contribution >= 0.6 is 0 Å². The summed E-state index contributed by atoms with van der Waals surface area (Å²) in [4.78, 5) is 0.0556. The smallest absolute Gasteiger partial charge is 0.398 e. The lowest BCUT2D eigenvalue weighted by atomic mass is 10.2. The molecule has 0 aliphatic carbocycles. The molecule has 0 spiro atoms. The van der Waals surface area contributed by atoms with E-state index in [-0.39, 0.29) is 28.5 Å². The minimum absolute atomic E-state index is 0.0516. The summed E-state index contributed by atoms with van der Waals surface area (Å²) in [6, 6.07) is 2.57. The fourth-order valence-corrected chi connectivity index (χ4v) is 6.01. The molecule has 0 bridgehead atoms. The molecule has 1 saturated heterocycles. The second kappa shape index (κ2) is 5.03. The second-order valence-electron chi connectivity index (χ2n) is 4.57. The quantitative estimate of drug-likeness (QED) is 0.837. The van der Waals surface area contributed by atoms with Crippen LogP contribution in [0.3, 0.4) is 0 Å². The van der Waals surface area contributed by atoms with Gasteiger partial charge < -0.3 is 5.73 Å². The molecule has 0 amide bonds. The van der Waals surface area contributed by atoms with Crippen LogP contribution in [0.4, 0.5) is 18.9 Å². The van der Waals surface area contributed by atoms with E-state index in [1.54, 1.807) is 0 Å². The van der Waals surface area contributed by atoms with Crippen molar-refractivity contribution in [1.29, 1.82) is 0 Å². The van der Waals surface area contributed by atoms with Gasteiger partial charge in [-0.25, -0.2) is 8.42 Å². The zero-order valence-electron chi connectivity index (χ0n) is 10.2. The molecule has 1 heterocycles. The van der Waals surface area contributed by atoms with Crippen LogP contribution in [0.2, 0.25) is 0 Å². The number of rotatable bonds is 2. The van der Waals surface area contributed by atoms with Gasteiger partial charge in [0.25, 0.3) is 0 Å². The first-order valence-corrected chi connectivity index (χ1v) is 8.71. The van der Waals surface area contributed by atoms with E-state index in [0.29, 0.717) is 0 Å². The molecule has 1 aromatic rings. The fraction of sp³-hybridized carbons (Fsp3) is 0.455. The van der Waals surface area contributed by atoms with Gasteiger partial charge in [0, 0.05) is 5.69 Å². The molecule has 2 unspecified atom stereocenters. The van der Waals surface area contributed by atoms with Crippen molar-refractivity contribution in [2.24, 2.45) is 0 Å². The van der Waals surface area contributed by atoms with Crippen molar-refractivity contribution >= 4 is 26.3 Å². The van der Waals surface area contributed by atoms with Crippen molar-refractivity contribution in [2.75, 3.05) is 17.2 Å². The van der Waals surface area contributed by atoms with Crippen molar-refractivity contribution in [3.05, 3.63) is 23.8 Å². The maximum absolute atomic E-state index is 12.5. The lowest BCUT2D eigenvalue weighted by Crippen LogP contribution is -2.18. The fourth-order valence-electron chi connectivity index (χ4n) is 2.02. The van der Waals surface area contributed by atoms with Crippen LogP contribution in [0, 0.1) is 0 Å². The van der Waals surface area contributed by atoms with Gasteiger partial charge in [0.2, 0.25) is 0 Å². The van der Waals surface area contributed by atoms with Crippen LogP contribution in [0.1, 0.15) is 12.0 Å². The van der Waals surface area contributed by atoms with Gasteiger partial charge in [-0.3, -0.25) is 4.21 Å². The van der Waals surface area contributed by atoms with Gasteiger partial charge in [-0.1, -0.05) is 0 Å². The number of hydrogen-bond acceptors (Lipinski definition) is 4. The first kappa shape index (κ1) is 15.3. The van der Waals surface area contributed by atoms with Crippen molar-refractivity contribution in [3.8, 4) is 0 Å². The van der Waals surface area contributed by atoms with Crippen LogP contribution in [0.5, 0.6) is 0 Å². The predicted molar refractivity (Wildman–Crippen MR) is 69.3 cm³/mol. The van der Waals surface area contributed by atoms with E-state index in [2.05, 4.69) is 0 Å². The Labute approximate surface area is 116 Å². The van der Waals surface area contributed by atoms with Crippen LogP contribution < -0.4 is 5.73 Å². The molecule has 20 heavy (non-hydrogen) atoms. The topological polar surface area (TPSA) is 77.2 Å². The number of anilines is 1. The molecule has 2 N–H and O–H groups in total. The molecular weight excluding hydrogens is 315 g/mol.